The van der Waals surface area contributed by atoms with Crippen LogP contribution in [-0.4, -0.2) is 14.3 Å². The summed E-state index contributed by atoms with van der Waals surface area (Å²) >= 11 is 0. The van der Waals surface area contributed by atoms with Crippen LogP contribution >= 0.6 is 0 Å². The van der Waals surface area contributed by atoms with Crippen LogP contribution < -0.4 is 9.30 Å². The van der Waals surface area contributed by atoms with Gasteiger partial charge in [-0.25, -0.2) is 4.68 Å². The lowest BCUT2D eigenvalue weighted by molar-refractivity contribution is -0.568. The van der Waals surface area contributed by atoms with Crippen LogP contribution in [-0.2, 0) is 10.8 Å². The molecule has 5 nitrogen and oxygen atoms in total. The smallest absolute Gasteiger partial charge is 0.255 e. The second-order valence-corrected chi connectivity index (χ2v) is 18.7. The summed E-state index contributed by atoms with van der Waals surface area (Å²) in [6, 6.07) is 54.2. The van der Waals surface area contributed by atoms with Crippen molar-refractivity contribution in [1.82, 2.24) is 14.3 Å². The predicted octanol–water partition coefficient (Wildman–Crippen LogP) is 14.4. The molecule has 0 fully saturated rings. The Bertz CT molecular complexity index is 3050. The number of aromatic nitrogens is 4. The van der Waals surface area contributed by atoms with E-state index in [1.807, 2.05) is 29.1 Å². The van der Waals surface area contributed by atoms with Crippen LogP contribution in [0, 0.1) is 20.8 Å². The minimum atomic E-state index is -0.210. The number of hydrogen-bond donors (Lipinski definition) is 0. The number of rotatable bonds is 8. The van der Waals surface area contributed by atoms with Crippen molar-refractivity contribution in [3.8, 4) is 61.9 Å². The number of nitrogens with zero attached hydrogens (tertiary/aromatic N) is 4. The SMILES string of the molecule is Cc1cc(C)c(-[n+]2cn(-c3cc(Oc4cccc(-n5cc(-c6ccccc6)cn5)c4)c(C(C)(C)C)cc3C(C)(C)C)c3cc(-c4ccccc4)c(-c4ccccc4)cc32)c(C)c1. The maximum absolute atomic E-state index is 7.08. The highest BCUT2D eigenvalue weighted by Gasteiger charge is 2.32. The summed E-state index contributed by atoms with van der Waals surface area (Å²) in [5, 5.41) is 4.74. The predicted molar refractivity (Wildman–Crippen MR) is 256 cm³/mol. The van der Waals surface area contributed by atoms with Crippen LogP contribution in [0.1, 0.15) is 69.4 Å². The van der Waals surface area contributed by atoms with Crippen LogP contribution in [0.15, 0.2) is 170 Å². The molecule has 9 rings (SSSR count). The van der Waals surface area contributed by atoms with Gasteiger partial charge in [0.25, 0.3) is 6.33 Å². The van der Waals surface area contributed by atoms with Crippen LogP contribution in [0.2, 0.25) is 0 Å². The summed E-state index contributed by atoms with van der Waals surface area (Å²) < 4.78 is 13.8. The molecule has 9 aromatic rings. The van der Waals surface area contributed by atoms with Gasteiger partial charge in [0.15, 0.2) is 11.0 Å². The lowest BCUT2D eigenvalue weighted by atomic mass is 9.79. The van der Waals surface area contributed by atoms with E-state index in [1.54, 1.807) is 0 Å². The second kappa shape index (κ2) is 15.8. The maximum Gasteiger partial charge on any atom is 0.255 e. The molecule has 308 valence electrons. The van der Waals surface area contributed by atoms with Gasteiger partial charge in [-0.2, -0.15) is 14.2 Å². The monoisotopic (exact) mass is 811 g/mol. The van der Waals surface area contributed by atoms with E-state index in [2.05, 4.69) is 217 Å². The third-order valence-corrected chi connectivity index (χ3v) is 11.9. The highest BCUT2D eigenvalue weighted by molar-refractivity contribution is 5.93. The summed E-state index contributed by atoms with van der Waals surface area (Å²) in [6.45, 7) is 20.4. The summed E-state index contributed by atoms with van der Waals surface area (Å²) in [4.78, 5) is 0. The molecule has 0 saturated heterocycles. The molecule has 0 bridgehead atoms. The highest BCUT2D eigenvalue weighted by atomic mass is 16.5. The molecule has 0 spiro atoms. The Hall–Kier alpha value is -6.98. The van der Waals surface area contributed by atoms with Gasteiger partial charge in [-0.3, -0.25) is 0 Å². The van der Waals surface area contributed by atoms with Crippen LogP contribution in [0.4, 0.5) is 0 Å². The van der Waals surface area contributed by atoms with E-state index in [-0.39, 0.29) is 10.8 Å². The normalized spacial score (nSPS) is 12.0. The van der Waals surface area contributed by atoms with Gasteiger partial charge in [-0.1, -0.05) is 156 Å². The Kier molecular flexibility index (Phi) is 10.3. The Morgan fingerprint density at radius 2 is 1.13 bits per heavy atom. The van der Waals surface area contributed by atoms with Crippen molar-refractivity contribution in [2.45, 2.75) is 73.1 Å². The minimum Gasteiger partial charge on any atom is -0.457 e. The van der Waals surface area contributed by atoms with Gasteiger partial charge in [0.1, 0.15) is 22.9 Å². The van der Waals surface area contributed by atoms with E-state index in [4.69, 9.17) is 9.84 Å². The first-order valence-corrected chi connectivity index (χ1v) is 21.6. The number of benzene rings is 7. The largest absolute Gasteiger partial charge is 0.457 e. The molecular weight excluding hydrogens is 757 g/mol. The fourth-order valence-corrected chi connectivity index (χ4v) is 8.94. The molecule has 0 saturated carbocycles. The lowest BCUT2D eigenvalue weighted by Gasteiger charge is -2.28. The molecule has 0 atom stereocenters. The molecule has 2 heterocycles. The first kappa shape index (κ1) is 40.4. The van der Waals surface area contributed by atoms with Crippen LogP contribution in [0.3, 0.4) is 0 Å². The van der Waals surface area contributed by atoms with Gasteiger partial charge >= 0.3 is 0 Å². The molecule has 0 N–H and O–H groups in total. The number of ether oxygens (including phenoxy) is 1. The van der Waals surface area contributed by atoms with E-state index in [1.165, 1.54) is 50.2 Å². The van der Waals surface area contributed by atoms with E-state index >= 15 is 0 Å². The van der Waals surface area contributed by atoms with Crippen molar-refractivity contribution in [2.24, 2.45) is 0 Å². The molecule has 0 aliphatic rings. The fourth-order valence-electron chi connectivity index (χ4n) is 8.94. The van der Waals surface area contributed by atoms with Crippen molar-refractivity contribution >= 4 is 11.0 Å². The zero-order valence-corrected chi connectivity index (χ0v) is 37.4. The Labute approximate surface area is 366 Å². The quantitative estimate of drug-likeness (QED) is 0.143. The summed E-state index contributed by atoms with van der Waals surface area (Å²) in [6.07, 6.45) is 6.28. The second-order valence-electron chi connectivity index (χ2n) is 18.7. The van der Waals surface area contributed by atoms with Gasteiger partial charge < -0.3 is 4.74 Å². The first-order chi connectivity index (χ1) is 29.7. The Morgan fingerprint density at radius 3 is 1.73 bits per heavy atom. The molecule has 62 heavy (non-hydrogen) atoms. The first-order valence-electron chi connectivity index (χ1n) is 21.6. The van der Waals surface area contributed by atoms with Gasteiger partial charge in [0, 0.05) is 35.0 Å². The summed E-state index contributed by atoms with van der Waals surface area (Å²) in [5.74, 6) is 1.57. The van der Waals surface area contributed by atoms with Crippen molar-refractivity contribution in [3.05, 3.63) is 198 Å². The lowest BCUT2D eigenvalue weighted by Crippen LogP contribution is -2.31. The van der Waals surface area contributed by atoms with Crippen molar-refractivity contribution in [2.75, 3.05) is 0 Å². The van der Waals surface area contributed by atoms with Crippen molar-refractivity contribution < 1.29 is 9.30 Å². The maximum atomic E-state index is 7.08. The van der Waals surface area contributed by atoms with Gasteiger partial charge in [-0.15, -0.1) is 0 Å². The zero-order valence-electron chi connectivity index (χ0n) is 37.4. The number of hydrogen-bond acceptors (Lipinski definition) is 2. The molecular formula is C57H55N4O+. The molecule has 0 unspecified atom stereocenters. The van der Waals surface area contributed by atoms with E-state index in [0.29, 0.717) is 0 Å². The van der Waals surface area contributed by atoms with Crippen molar-refractivity contribution in [3.63, 3.8) is 0 Å². The molecule has 2 aromatic heterocycles. The average molecular weight is 812 g/mol. The topological polar surface area (TPSA) is 35.9 Å². The van der Waals surface area contributed by atoms with Gasteiger partial charge in [-0.05, 0) is 101 Å². The summed E-state index contributed by atoms with van der Waals surface area (Å²) in [7, 11) is 0. The van der Waals surface area contributed by atoms with E-state index in [9.17, 15) is 0 Å². The molecule has 0 aliphatic carbocycles. The molecule has 7 aromatic carbocycles. The summed E-state index contributed by atoms with van der Waals surface area (Å²) in [5.41, 5.74) is 18.0. The number of imidazole rings is 1. The minimum absolute atomic E-state index is 0.201. The zero-order chi connectivity index (χ0) is 43.3. The van der Waals surface area contributed by atoms with E-state index in [0.717, 1.165) is 50.6 Å². The molecule has 0 amide bonds. The van der Waals surface area contributed by atoms with E-state index < -0.39 is 0 Å². The Morgan fingerprint density at radius 1 is 0.548 bits per heavy atom. The number of aryl methyl sites for hydroxylation is 3. The molecule has 0 radical (unpaired) electrons. The Balaban J connectivity index is 1.29. The van der Waals surface area contributed by atoms with Gasteiger partial charge in [0.2, 0.25) is 0 Å². The van der Waals surface area contributed by atoms with Gasteiger partial charge in [0.05, 0.1) is 11.9 Å². The van der Waals surface area contributed by atoms with Crippen molar-refractivity contribution in [1.29, 1.82) is 0 Å². The van der Waals surface area contributed by atoms with Crippen LogP contribution in [0.25, 0.3) is 61.5 Å². The highest BCUT2D eigenvalue weighted by Crippen LogP contribution is 2.43. The molecule has 0 aliphatic heterocycles. The third kappa shape index (κ3) is 7.75. The standard InChI is InChI=1S/C57H55N4O/c1-38-28-39(2)55(40(3)29-38)60-37-59(52-31-47(42-22-15-11-16-23-42)48(32-53(52)60)43-24-17-12-18-25-43)51-34-54(50(57(7,8)9)33-49(51)56(4,5)6)62-46-27-19-26-45(30-46)61-36-44(35-58-61)41-20-13-10-14-21-41/h10-37H,1-9H3/q+1. The molecule has 5 heteroatoms. The fraction of sp³-hybridized carbons (Fsp3) is 0.193. The van der Waals surface area contributed by atoms with Crippen LogP contribution in [0.5, 0.6) is 11.5 Å². The number of fused-ring (bicyclic) bond motifs is 1. The third-order valence-electron chi connectivity index (χ3n) is 11.9. The average Bonchev–Trinajstić information content (AvgIpc) is 3.89.